The van der Waals surface area contributed by atoms with E-state index in [0.717, 1.165) is 16.5 Å². The van der Waals surface area contributed by atoms with Gasteiger partial charge in [0, 0.05) is 5.56 Å². The molecule has 0 aliphatic heterocycles. The van der Waals surface area contributed by atoms with Crippen molar-refractivity contribution in [3.63, 3.8) is 0 Å². The Morgan fingerprint density at radius 3 is 2.58 bits per heavy atom. The van der Waals surface area contributed by atoms with Gasteiger partial charge in [-0.25, -0.2) is 0 Å². The molecular formula is C20H23BrN2O3. The smallest absolute Gasteiger partial charge is 0.276 e. The molecule has 0 heterocycles. The summed E-state index contributed by atoms with van der Waals surface area (Å²) in [6.07, 6.45) is 1.05. The van der Waals surface area contributed by atoms with Crippen LogP contribution in [-0.2, 0) is 4.79 Å². The highest BCUT2D eigenvalue weighted by atomic mass is 79.9. The first kappa shape index (κ1) is 20.0. The molecule has 138 valence electrons. The van der Waals surface area contributed by atoms with Gasteiger partial charge in [-0.1, -0.05) is 37.6 Å². The summed E-state index contributed by atoms with van der Waals surface area (Å²) in [6, 6.07) is 12.9. The number of carbonyl (C=O) groups excluding carboxylic acids is 2. The number of halogens is 1. The van der Waals surface area contributed by atoms with Crippen LogP contribution in [-0.4, -0.2) is 18.4 Å². The molecule has 2 aromatic rings. The van der Waals surface area contributed by atoms with Crippen LogP contribution in [0, 0.1) is 6.92 Å². The second-order valence-corrected chi connectivity index (χ2v) is 7.01. The van der Waals surface area contributed by atoms with E-state index >= 15 is 0 Å². The molecule has 2 rings (SSSR count). The highest BCUT2D eigenvalue weighted by molar-refractivity contribution is 9.10. The monoisotopic (exact) mass is 418 g/mol. The van der Waals surface area contributed by atoms with Crippen molar-refractivity contribution in [2.75, 3.05) is 6.61 Å². The van der Waals surface area contributed by atoms with Crippen LogP contribution in [0.1, 0.15) is 47.7 Å². The summed E-state index contributed by atoms with van der Waals surface area (Å²) in [7, 11) is 0. The van der Waals surface area contributed by atoms with Crippen molar-refractivity contribution in [2.24, 2.45) is 0 Å². The van der Waals surface area contributed by atoms with E-state index in [9.17, 15) is 9.59 Å². The summed E-state index contributed by atoms with van der Waals surface area (Å²) in [4.78, 5) is 23.9. The summed E-state index contributed by atoms with van der Waals surface area (Å²) in [5.41, 5.74) is 7.39. The van der Waals surface area contributed by atoms with Crippen LogP contribution in [0.2, 0.25) is 0 Å². The lowest BCUT2D eigenvalue weighted by Crippen LogP contribution is -2.43. The Labute approximate surface area is 162 Å². The van der Waals surface area contributed by atoms with Gasteiger partial charge in [-0.2, -0.15) is 0 Å². The molecule has 5 nitrogen and oxygen atoms in total. The van der Waals surface area contributed by atoms with E-state index in [1.807, 2.05) is 31.2 Å². The zero-order valence-electron chi connectivity index (χ0n) is 15.1. The van der Waals surface area contributed by atoms with Crippen molar-refractivity contribution < 1.29 is 14.3 Å². The first-order valence-corrected chi connectivity index (χ1v) is 9.28. The maximum absolute atomic E-state index is 12.0. The van der Waals surface area contributed by atoms with E-state index in [1.54, 1.807) is 18.2 Å². The molecule has 0 spiro atoms. The average molecular weight is 419 g/mol. The molecule has 2 N–H and O–H groups in total. The SMILES string of the molecule is CCC(C)c1ccc(OCC(=O)NNC(=O)c2cccc(C)c2)c(Br)c1. The number of benzene rings is 2. The van der Waals surface area contributed by atoms with Crippen molar-refractivity contribution in [3.05, 3.63) is 63.6 Å². The van der Waals surface area contributed by atoms with E-state index in [4.69, 9.17) is 4.74 Å². The number of hydrazine groups is 1. The number of amides is 2. The van der Waals surface area contributed by atoms with Gasteiger partial charge >= 0.3 is 0 Å². The second kappa shape index (κ2) is 9.38. The third-order valence-corrected chi connectivity index (χ3v) is 4.71. The molecule has 0 fully saturated rings. The van der Waals surface area contributed by atoms with Gasteiger partial charge in [-0.3, -0.25) is 20.4 Å². The van der Waals surface area contributed by atoms with Gasteiger partial charge in [0.05, 0.1) is 4.47 Å². The molecule has 0 aromatic heterocycles. The van der Waals surface area contributed by atoms with Gasteiger partial charge in [-0.15, -0.1) is 0 Å². The number of hydrogen-bond donors (Lipinski definition) is 2. The molecule has 6 heteroatoms. The van der Waals surface area contributed by atoms with Crippen LogP contribution < -0.4 is 15.6 Å². The standard InChI is InChI=1S/C20H23BrN2O3/c1-4-14(3)15-8-9-18(17(21)11-15)26-12-19(24)22-23-20(25)16-7-5-6-13(2)10-16/h5-11,14H,4,12H2,1-3H3,(H,22,24)(H,23,25). The molecule has 1 atom stereocenters. The number of nitrogens with one attached hydrogen (secondary N) is 2. The predicted molar refractivity (Wildman–Crippen MR) is 105 cm³/mol. The molecule has 0 saturated carbocycles. The Morgan fingerprint density at radius 1 is 1.15 bits per heavy atom. The topological polar surface area (TPSA) is 67.4 Å². The fourth-order valence-electron chi connectivity index (χ4n) is 2.34. The van der Waals surface area contributed by atoms with E-state index in [2.05, 4.69) is 40.6 Å². The maximum atomic E-state index is 12.0. The Bertz CT molecular complexity index is 792. The van der Waals surface area contributed by atoms with Crippen LogP contribution in [0.4, 0.5) is 0 Å². The van der Waals surface area contributed by atoms with Crippen molar-refractivity contribution in [1.29, 1.82) is 0 Å². The number of carbonyl (C=O) groups is 2. The first-order valence-electron chi connectivity index (χ1n) is 8.48. The zero-order chi connectivity index (χ0) is 19.1. The minimum Gasteiger partial charge on any atom is -0.483 e. The van der Waals surface area contributed by atoms with Crippen LogP contribution >= 0.6 is 15.9 Å². The number of hydrogen-bond acceptors (Lipinski definition) is 3. The molecule has 1 unspecified atom stereocenters. The summed E-state index contributed by atoms with van der Waals surface area (Å²) >= 11 is 3.47. The fourth-order valence-corrected chi connectivity index (χ4v) is 2.85. The minimum atomic E-state index is -0.441. The molecule has 0 bridgehead atoms. The summed E-state index contributed by atoms with van der Waals surface area (Å²) in [6.45, 7) is 5.99. The Morgan fingerprint density at radius 2 is 1.92 bits per heavy atom. The fraction of sp³-hybridized carbons (Fsp3) is 0.300. The summed E-state index contributed by atoms with van der Waals surface area (Å²) < 4.78 is 6.31. The molecular weight excluding hydrogens is 396 g/mol. The van der Waals surface area contributed by atoms with Crippen molar-refractivity contribution in [3.8, 4) is 5.75 Å². The Balaban J connectivity index is 1.84. The van der Waals surface area contributed by atoms with Crippen LogP contribution in [0.5, 0.6) is 5.75 Å². The van der Waals surface area contributed by atoms with Crippen molar-refractivity contribution in [2.45, 2.75) is 33.1 Å². The average Bonchev–Trinajstić information content (AvgIpc) is 2.64. The van der Waals surface area contributed by atoms with Crippen molar-refractivity contribution in [1.82, 2.24) is 10.9 Å². The molecule has 26 heavy (non-hydrogen) atoms. The van der Waals surface area contributed by atoms with Crippen molar-refractivity contribution >= 4 is 27.7 Å². The van der Waals surface area contributed by atoms with Gasteiger partial charge in [0.1, 0.15) is 5.75 Å². The van der Waals surface area contributed by atoms with Crippen LogP contribution in [0.15, 0.2) is 46.9 Å². The Kier molecular flexibility index (Phi) is 7.21. The van der Waals surface area contributed by atoms with Gasteiger partial charge in [0.2, 0.25) is 0 Å². The van der Waals surface area contributed by atoms with E-state index in [0.29, 0.717) is 17.2 Å². The lowest BCUT2D eigenvalue weighted by atomic mass is 9.99. The molecule has 2 aromatic carbocycles. The Hall–Kier alpha value is -2.34. The van der Waals surface area contributed by atoms with Gasteiger partial charge < -0.3 is 4.74 Å². The van der Waals surface area contributed by atoms with Gasteiger partial charge in [0.15, 0.2) is 6.61 Å². The zero-order valence-corrected chi connectivity index (χ0v) is 16.7. The molecule has 0 aliphatic rings. The third-order valence-electron chi connectivity index (χ3n) is 4.09. The number of ether oxygens (including phenoxy) is 1. The maximum Gasteiger partial charge on any atom is 0.276 e. The van der Waals surface area contributed by atoms with E-state index < -0.39 is 5.91 Å². The number of rotatable bonds is 6. The van der Waals surface area contributed by atoms with Gasteiger partial charge in [-0.05, 0) is 65.0 Å². The van der Waals surface area contributed by atoms with Crippen LogP contribution in [0.25, 0.3) is 0 Å². The highest BCUT2D eigenvalue weighted by Crippen LogP contribution is 2.29. The molecule has 2 amide bonds. The molecule has 0 radical (unpaired) electrons. The summed E-state index contributed by atoms with van der Waals surface area (Å²) in [5, 5.41) is 0. The number of aryl methyl sites for hydroxylation is 1. The largest absolute Gasteiger partial charge is 0.483 e. The lowest BCUT2D eigenvalue weighted by molar-refractivity contribution is -0.123. The van der Waals surface area contributed by atoms with Crippen LogP contribution in [0.3, 0.4) is 0 Å². The molecule has 0 saturated heterocycles. The predicted octanol–water partition coefficient (Wildman–Crippen LogP) is 4.11. The third kappa shape index (κ3) is 5.59. The first-order chi connectivity index (χ1) is 12.4. The van der Waals surface area contributed by atoms with E-state index in [-0.39, 0.29) is 12.5 Å². The lowest BCUT2D eigenvalue weighted by Gasteiger charge is -2.13. The van der Waals surface area contributed by atoms with E-state index in [1.165, 1.54) is 5.56 Å². The van der Waals surface area contributed by atoms with Gasteiger partial charge in [0.25, 0.3) is 11.8 Å². The summed E-state index contributed by atoms with van der Waals surface area (Å²) in [5.74, 6) is 0.225. The normalized spacial score (nSPS) is 11.5. The minimum absolute atomic E-state index is 0.199. The quantitative estimate of drug-likeness (QED) is 0.693. The molecule has 0 aliphatic carbocycles. The second-order valence-electron chi connectivity index (χ2n) is 6.16. The highest BCUT2D eigenvalue weighted by Gasteiger charge is 2.11.